The summed E-state index contributed by atoms with van der Waals surface area (Å²) in [4.78, 5) is 24.3. The molecule has 1 N–H and O–H groups in total. The van der Waals surface area contributed by atoms with Crippen molar-refractivity contribution in [2.24, 2.45) is 0 Å². The molecule has 0 bridgehead atoms. The Kier molecular flexibility index (Phi) is 6.30. The van der Waals surface area contributed by atoms with Crippen molar-refractivity contribution >= 4 is 29.0 Å². The number of nitrogens with zero attached hydrogens (tertiary/aromatic N) is 2. The number of hydrogen-bond donors (Lipinski definition) is 1. The van der Waals surface area contributed by atoms with Gasteiger partial charge in [-0.1, -0.05) is 0 Å². The Labute approximate surface area is 122 Å². The molecule has 0 aliphatic rings. The molecule has 1 aromatic carbocycles. The fraction of sp³-hybridized carbons (Fsp3) is 0.462. The summed E-state index contributed by atoms with van der Waals surface area (Å²) in [6.07, 6.45) is 1.95. The third kappa shape index (κ3) is 4.12. The molecule has 0 aliphatic carbocycles. The quantitative estimate of drug-likeness (QED) is 0.618. The Balaban J connectivity index is 3.08. The highest BCUT2D eigenvalue weighted by Crippen LogP contribution is 2.24. The molecule has 0 spiro atoms. The van der Waals surface area contributed by atoms with E-state index in [1.54, 1.807) is 30.9 Å². The lowest BCUT2D eigenvalue weighted by molar-refractivity contribution is -0.385. The van der Waals surface area contributed by atoms with Crippen LogP contribution in [0.3, 0.4) is 0 Å². The van der Waals surface area contributed by atoms with Gasteiger partial charge in [-0.2, -0.15) is 11.8 Å². The average Bonchev–Trinajstić information content (AvgIpc) is 2.43. The van der Waals surface area contributed by atoms with Gasteiger partial charge < -0.3 is 10.2 Å². The second-order valence-electron chi connectivity index (χ2n) is 4.24. The van der Waals surface area contributed by atoms with Gasteiger partial charge >= 0.3 is 0 Å². The molecule has 0 aromatic heterocycles. The number of thioether (sulfide) groups is 1. The summed E-state index contributed by atoms with van der Waals surface area (Å²) < 4.78 is 0. The van der Waals surface area contributed by atoms with Gasteiger partial charge in [0.1, 0.15) is 5.56 Å². The number of rotatable bonds is 7. The summed E-state index contributed by atoms with van der Waals surface area (Å²) in [6.45, 7) is 3.17. The molecule has 110 valence electrons. The van der Waals surface area contributed by atoms with E-state index in [0.717, 1.165) is 5.75 Å². The molecule has 20 heavy (non-hydrogen) atoms. The lowest BCUT2D eigenvalue weighted by atomic mass is 10.1. The van der Waals surface area contributed by atoms with Crippen molar-refractivity contribution in [3.05, 3.63) is 33.9 Å². The molecule has 6 nitrogen and oxygen atoms in total. The predicted molar refractivity (Wildman–Crippen MR) is 82.6 cm³/mol. The zero-order valence-electron chi connectivity index (χ0n) is 11.9. The SMILES string of the molecule is CCNc1ccc([N+](=O)[O-])c(C(=O)N(C)CCSC)c1. The van der Waals surface area contributed by atoms with Gasteiger partial charge in [-0.25, -0.2) is 0 Å². The minimum absolute atomic E-state index is 0.122. The van der Waals surface area contributed by atoms with E-state index < -0.39 is 4.92 Å². The van der Waals surface area contributed by atoms with Crippen LogP contribution in [0.1, 0.15) is 17.3 Å². The Morgan fingerprint density at radius 2 is 2.20 bits per heavy atom. The zero-order valence-corrected chi connectivity index (χ0v) is 12.7. The van der Waals surface area contributed by atoms with Gasteiger partial charge in [-0.3, -0.25) is 14.9 Å². The Bertz CT molecular complexity index is 494. The van der Waals surface area contributed by atoms with Gasteiger partial charge in [-0.05, 0) is 25.3 Å². The van der Waals surface area contributed by atoms with Crippen molar-refractivity contribution in [3.8, 4) is 0 Å². The minimum atomic E-state index is -0.522. The maximum atomic E-state index is 12.3. The van der Waals surface area contributed by atoms with Gasteiger partial charge in [0.05, 0.1) is 4.92 Å². The van der Waals surface area contributed by atoms with Crippen molar-refractivity contribution in [3.63, 3.8) is 0 Å². The molecule has 0 radical (unpaired) electrons. The van der Waals surface area contributed by atoms with Crippen LogP contribution < -0.4 is 5.32 Å². The van der Waals surface area contributed by atoms with Crippen LogP contribution in [0.5, 0.6) is 0 Å². The molecule has 0 aliphatic heterocycles. The van der Waals surface area contributed by atoms with Crippen LogP contribution in [0, 0.1) is 10.1 Å². The lowest BCUT2D eigenvalue weighted by Crippen LogP contribution is -2.29. The zero-order chi connectivity index (χ0) is 15.1. The largest absolute Gasteiger partial charge is 0.385 e. The molecule has 0 unspecified atom stereocenters. The smallest absolute Gasteiger partial charge is 0.282 e. The first-order chi connectivity index (χ1) is 9.51. The van der Waals surface area contributed by atoms with E-state index in [-0.39, 0.29) is 17.2 Å². The second-order valence-corrected chi connectivity index (χ2v) is 5.22. The molecule has 7 heteroatoms. The van der Waals surface area contributed by atoms with Gasteiger partial charge in [0.25, 0.3) is 11.6 Å². The van der Waals surface area contributed by atoms with E-state index in [4.69, 9.17) is 0 Å². The van der Waals surface area contributed by atoms with Crippen molar-refractivity contribution in [2.45, 2.75) is 6.92 Å². The number of amides is 1. The maximum Gasteiger partial charge on any atom is 0.282 e. The van der Waals surface area contributed by atoms with E-state index >= 15 is 0 Å². The fourth-order valence-electron chi connectivity index (χ4n) is 1.72. The molecule has 0 atom stereocenters. The van der Waals surface area contributed by atoms with Gasteiger partial charge in [-0.15, -0.1) is 0 Å². The van der Waals surface area contributed by atoms with Crippen molar-refractivity contribution in [1.29, 1.82) is 0 Å². The second kappa shape index (κ2) is 7.74. The molecule has 0 saturated heterocycles. The predicted octanol–water partition coefficient (Wildman–Crippen LogP) is 2.46. The highest BCUT2D eigenvalue weighted by atomic mass is 32.2. The van der Waals surface area contributed by atoms with Crippen LogP contribution in [0.4, 0.5) is 11.4 Å². The molecular weight excluding hydrogens is 278 g/mol. The minimum Gasteiger partial charge on any atom is -0.385 e. The molecular formula is C13H19N3O3S. The lowest BCUT2D eigenvalue weighted by Gasteiger charge is -2.17. The third-order valence-electron chi connectivity index (χ3n) is 2.78. The number of carbonyl (C=O) groups excluding carboxylic acids is 1. The van der Waals surface area contributed by atoms with Crippen LogP contribution in [-0.4, -0.2) is 47.9 Å². The molecule has 1 aromatic rings. The number of benzene rings is 1. The monoisotopic (exact) mass is 297 g/mol. The summed E-state index contributed by atoms with van der Waals surface area (Å²) in [7, 11) is 1.65. The molecule has 0 fully saturated rings. The summed E-state index contributed by atoms with van der Waals surface area (Å²) in [5, 5.41) is 14.1. The molecule has 1 rings (SSSR count). The average molecular weight is 297 g/mol. The highest BCUT2D eigenvalue weighted by molar-refractivity contribution is 7.98. The Morgan fingerprint density at radius 3 is 2.75 bits per heavy atom. The third-order valence-corrected chi connectivity index (χ3v) is 3.37. The van der Waals surface area contributed by atoms with E-state index in [1.165, 1.54) is 11.0 Å². The van der Waals surface area contributed by atoms with Crippen molar-refractivity contribution in [1.82, 2.24) is 4.90 Å². The van der Waals surface area contributed by atoms with Crippen LogP contribution in [0.15, 0.2) is 18.2 Å². The first-order valence-corrected chi connectivity index (χ1v) is 7.67. The number of hydrogen-bond acceptors (Lipinski definition) is 5. The molecule has 1 amide bonds. The standard InChI is InChI=1S/C13H19N3O3S/c1-4-14-10-5-6-12(16(18)19)11(9-10)13(17)15(2)7-8-20-3/h5-6,9,14H,4,7-8H2,1-3H3. The summed E-state index contributed by atoms with van der Waals surface area (Å²) >= 11 is 1.62. The number of nitrogens with one attached hydrogen (secondary N) is 1. The van der Waals surface area contributed by atoms with Crippen molar-refractivity contribution in [2.75, 3.05) is 37.5 Å². The van der Waals surface area contributed by atoms with Gasteiger partial charge in [0.2, 0.25) is 0 Å². The van der Waals surface area contributed by atoms with E-state index in [1.807, 2.05) is 13.2 Å². The van der Waals surface area contributed by atoms with Crippen LogP contribution in [0.25, 0.3) is 0 Å². The Morgan fingerprint density at radius 1 is 1.50 bits per heavy atom. The normalized spacial score (nSPS) is 10.2. The Hall–Kier alpha value is -1.76. The van der Waals surface area contributed by atoms with Crippen LogP contribution >= 0.6 is 11.8 Å². The fourth-order valence-corrected chi connectivity index (χ4v) is 2.17. The highest BCUT2D eigenvalue weighted by Gasteiger charge is 2.23. The van der Waals surface area contributed by atoms with Gasteiger partial charge in [0, 0.05) is 37.6 Å². The number of anilines is 1. The topological polar surface area (TPSA) is 75.5 Å². The van der Waals surface area contributed by atoms with Gasteiger partial charge in [0.15, 0.2) is 0 Å². The molecule has 0 saturated carbocycles. The number of nitro benzene ring substituents is 1. The van der Waals surface area contributed by atoms with E-state index in [9.17, 15) is 14.9 Å². The first-order valence-electron chi connectivity index (χ1n) is 6.28. The van der Waals surface area contributed by atoms with Crippen molar-refractivity contribution < 1.29 is 9.72 Å². The number of nitro groups is 1. The number of carbonyl (C=O) groups is 1. The van der Waals surface area contributed by atoms with E-state index in [2.05, 4.69) is 5.32 Å². The van der Waals surface area contributed by atoms with E-state index in [0.29, 0.717) is 18.8 Å². The maximum absolute atomic E-state index is 12.3. The molecule has 0 heterocycles. The van der Waals surface area contributed by atoms with Crippen LogP contribution in [0.2, 0.25) is 0 Å². The van der Waals surface area contributed by atoms with Crippen LogP contribution in [-0.2, 0) is 0 Å². The summed E-state index contributed by atoms with van der Waals surface area (Å²) in [5.41, 5.74) is 0.671. The summed E-state index contributed by atoms with van der Waals surface area (Å²) in [6, 6.07) is 4.52. The first kappa shape index (κ1) is 16.3. The summed E-state index contributed by atoms with van der Waals surface area (Å²) in [5.74, 6) is 0.466.